The van der Waals surface area contributed by atoms with E-state index >= 15 is 0 Å². The molecule has 2 bridgehead atoms. The minimum atomic E-state index is 0.0503. The van der Waals surface area contributed by atoms with Gasteiger partial charge in [0, 0.05) is 25.6 Å². The lowest BCUT2D eigenvalue weighted by Crippen LogP contribution is -2.44. The Balaban J connectivity index is 1.47. The van der Waals surface area contributed by atoms with E-state index in [2.05, 4.69) is 53.6 Å². The molecule has 25 heavy (non-hydrogen) atoms. The summed E-state index contributed by atoms with van der Waals surface area (Å²) in [6, 6.07) is 8.62. The number of nitrogens with one attached hydrogen (secondary N) is 1. The van der Waals surface area contributed by atoms with Gasteiger partial charge in [0.15, 0.2) is 0 Å². The van der Waals surface area contributed by atoms with Crippen molar-refractivity contribution in [3.63, 3.8) is 0 Å². The summed E-state index contributed by atoms with van der Waals surface area (Å²) in [5.74, 6) is 1.47. The number of hydrogen-bond acceptors (Lipinski definition) is 3. The third-order valence-electron chi connectivity index (χ3n) is 5.96. The lowest BCUT2D eigenvalue weighted by Gasteiger charge is -2.32. The van der Waals surface area contributed by atoms with Gasteiger partial charge in [0.1, 0.15) is 0 Å². The van der Waals surface area contributed by atoms with Crippen molar-refractivity contribution in [3.05, 3.63) is 47.5 Å². The summed E-state index contributed by atoms with van der Waals surface area (Å²) in [6.45, 7) is 6.40. The summed E-state index contributed by atoms with van der Waals surface area (Å²) >= 11 is 0. The van der Waals surface area contributed by atoms with Crippen molar-refractivity contribution in [3.8, 4) is 0 Å². The zero-order valence-corrected chi connectivity index (χ0v) is 15.0. The first kappa shape index (κ1) is 16.8. The maximum Gasteiger partial charge on any atom is 0.224 e. The smallest absolute Gasteiger partial charge is 0.224 e. The molecule has 2 aliphatic carbocycles. The van der Waals surface area contributed by atoms with Crippen LogP contribution in [0, 0.1) is 24.7 Å². The maximum absolute atomic E-state index is 12.9. The van der Waals surface area contributed by atoms with Crippen molar-refractivity contribution in [1.29, 1.82) is 0 Å². The molecule has 4 rings (SSSR count). The molecule has 1 aliphatic heterocycles. The lowest BCUT2D eigenvalue weighted by atomic mass is 9.92. The molecule has 3 aliphatic rings. The summed E-state index contributed by atoms with van der Waals surface area (Å²) in [6.07, 6.45) is 6.73. The van der Waals surface area contributed by atoms with Gasteiger partial charge in [-0.25, -0.2) is 0 Å². The number of ether oxygens (including phenoxy) is 1. The molecular weight excluding hydrogens is 312 g/mol. The van der Waals surface area contributed by atoms with Gasteiger partial charge in [0.25, 0.3) is 0 Å². The van der Waals surface area contributed by atoms with Crippen LogP contribution in [0.25, 0.3) is 0 Å². The number of aryl methyl sites for hydroxylation is 1. The predicted molar refractivity (Wildman–Crippen MR) is 98.2 cm³/mol. The van der Waals surface area contributed by atoms with Crippen molar-refractivity contribution in [2.24, 2.45) is 17.8 Å². The normalized spacial score (nSPS) is 29.7. The molecule has 0 spiro atoms. The second-order valence-corrected chi connectivity index (χ2v) is 7.77. The molecular formula is C21H28N2O2. The van der Waals surface area contributed by atoms with E-state index < -0.39 is 0 Å². The van der Waals surface area contributed by atoms with Crippen LogP contribution in [0.5, 0.6) is 0 Å². The number of allylic oxidation sites excluding steroid dienone is 2. The van der Waals surface area contributed by atoms with Crippen LogP contribution in [0.15, 0.2) is 36.4 Å². The number of amides is 1. The SMILES string of the molecule is Cc1ccc([C@@H](CN2CCOCC2)NC(=O)[C@@H]2C[C@H]3C=C[C@H]2C3)cc1. The molecule has 4 nitrogen and oxygen atoms in total. The van der Waals surface area contributed by atoms with Gasteiger partial charge in [-0.2, -0.15) is 0 Å². The molecule has 1 aromatic carbocycles. The van der Waals surface area contributed by atoms with Gasteiger partial charge >= 0.3 is 0 Å². The number of hydrogen-bond donors (Lipinski definition) is 1. The minimum Gasteiger partial charge on any atom is -0.379 e. The van der Waals surface area contributed by atoms with Crippen LogP contribution in [0.2, 0.25) is 0 Å². The quantitative estimate of drug-likeness (QED) is 0.838. The van der Waals surface area contributed by atoms with Gasteiger partial charge < -0.3 is 10.1 Å². The number of rotatable bonds is 5. The van der Waals surface area contributed by atoms with Crippen LogP contribution >= 0.6 is 0 Å². The first-order valence-corrected chi connectivity index (χ1v) is 9.54. The van der Waals surface area contributed by atoms with E-state index in [1.165, 1.54) is 11.1 Å². The highest BCUT2D eigenvalue weighted by Crippen LogP contribution is 2.43. The predicted octanol–water partition coefficient (Wildman–Crippen LogP) is 2.70. The van der Waals surface area contributed by atoms with Crippen molar-refractivity contribution in [2.75, 3.05) is 32.8 Å². The fraction of sp³-hybridized carbons (Fsp3) is 0.571. The van der Waals surface area contributed by atoms with Gasteiger partial charge in [-0.3, -0.25) is 9.69 Å². The van der Waals surface area contributed by atoms with Crippen molar-refractivity contribution in [2.45, 2.75) is 25.8 Å². The molecule has 134 valence electrons. The molecule has 1 saturated carbocycles. The number of carbonyl (C=O) groups is 1. The standard InChI is InChI=1S/C21H28N2O2/c1-15-2-5-17(6-3-15)20(14-23-8-10-25-11-9-23)22-21(24)19-13-16-4-7-18(19)12-16/h2-7,16,18-20H,8-14H2,1H3,(H,22,24)/t16-,18-,19+,20+/m0/s1. The molecule has 0 unspecified atom stereocenters. The zero-order chi connectivity index (χ0) is 17.2. The molecule has 4 atom stereocenters. The Hall–Kier alpha value is -1.65. The Morgan fingerprint density at radius 2 is 1.96 bits per heavy atom. The van der Waals surface area contributed by atoms with E-state index in [4.69, 9.17) is 4.74 Å². The van der Waals surface area contributed by atoms with Crippen molar-refractivity contribution < 1.29 is 9.53 Å². The number of nitrogens with zero attached hydrogens (tertiary/aromatic N) is 1. The third kappa shape index (κ3) is 3.80. The third-order valence-corrected chi connectivity index (χ3v) is 5.96. The average molecular weight is 340 g/mol. The van der Waals surface area contributed by atoms with Crippen LogP contribution in [0.4, 0.5) is 0 Å². The van der Waals surface area contributed by atoms with Gasteiger partial charge in [0.2, 0.25) is 5.91 Å². The Morgan fingerprint density at radius 1 is 1.20 bits per heavy atom. The van der Waals surface area contributed by atoms with Gasteiger partial charge in [-0.15, -0.1) is 0 Å². The molecule has 0 radical (unpaired) electrons. The van der Waals surface area contributed by atoms with Crippen LogP contribution in [-0.4, -0.2) is 43.7 Å². The minimum absolute atomic E-state index is 0.0503. The van der Waals surface area contributed by atoms with E-state index in [-0.39, 0.29) is 17.9 Å². The maximum atomic E-state index is 12.9. The second kappa shape index (κ2) is 7.30. The average Bonchev–Trinajstić information content (AvgIpc) is 3.26. The van der Waals surface area contributed by atoms with E-state index in [0.29, 0.717) is 11.8 Å². The zero-order valence-electron chi connectivity index (χ0n) is 15.0. The molecule has 1 amide bonds. The Bertz CT molecular complexity index is 634. The van der Waals surface area contributed by atoms with Crippen molar-refractivity contribution >= 4 is 5.91 Å². The Labute approximate surface area is 150 Å². The van der Waals surface area contributed by atoms with Crippen LogP contribution < -0.4 is 5.32 Å². The number of benzene rings is 1. The fourth-order valence-corrected chi connectivity index (χ4v) is 4.44. The van der Waals surface area contributed by atoms with Crippen LogP contribution in [0.3, 0.4) is 0 Å². The molecule has 1 heterocycles. The molecule has 1 aromatic rings. The topological polar surface area (TPSA) is 41.6 Å². The second-order valence-electron chi connectivity index (χ2n) is 7.77. The van der Waals surface area contributed by atoms with Crippen molar-refractivity contribution in [1.82, 2.24) is 10.2 Å². The fourth-order valence-electron chi connectivity index (χ4n) is 4.44. The van der Waals surface area contributed by atoms with E-state index in [9.17, 15) is 4.79 Å². The van der Waals surface area contributed by atoms with Gasteiger partial charge in [-0.05, 0) is 37.2 Å². The summed E-state index contributed by atoms with van der Waals surface area (Å²) in [5, 5.41) is 3.37. The van der Waals surface area contributed by atoms with Gasteiger partial charge in [-0.1, -0.05) is 42.0 Å². The van der Waals surface area contributed by atoms with Gasteiger partial charge in [0.05, 0.1) is 19.3 Å². The first-order chi connectivity index (χ1) is 12.2. The van der Waals surface area contributed by atoms with Crippen LogP contribution in [0.1, 0.15) is 30.0 Å². The van der Waals surface area contributed by atoms with Crippen LogP contribution in [-0.2, 0) is 9.53 Å². The van der Waals surface area contributed by atoms with E-state index in [1.54, 1.807) is 0 Å². The lowest BCUT2D eigenvalue weighted by molar-refractivity contribution is -0.126. The highest BCUT2D eigenvalue weighted by atomic mass is 16.5. The largest absolute Gasteiger partial charge is 0.379 e. The Kier molecular flexibility index (Phi) is 4.91. The summed E-state index contributed by atoms with van der Waals surface area (Å²) in [4.78, 5) is 15.3. The summed E-state index contributed by atoms with van der Waals surface area (Å²) < 4.78 is 5.46. The molecule has 2 fully saturated rings. The molecule has 4 heteroatoms. The monoisotopic (exact) mass is 340 g/mol. The van der Waals surface area contributed by atoms with E-state index in [1.807, 2.05) is 0 Å². The summed E-state index contributed by atoms with van der Waals surface area (Å²) in [7, 11) is 0. The molecule has 1 N–H and O–H groups in total. The number of morpholine rings is 1. The summed E-state index contributed by atoms with van der Waals surface area (Å²) in [5.41, 5.74) is 2.45. The number of carbonyl (C=O) groups excluding carboxylic acids is 1. The highest BCUT2D eigenvalue weighted by Gasteiger charge is 2.40. The highest BCUT2D eigenvalue weighted by molar-refractivity contribution is 5.80. The first-order valence-electron chi connectivity index (χ1n) is 9.54. The molecule has 0 aromatic heterocycles. The molecule has 1 saturated heterocycles. The number of fused-ring (bicyclic) bond motifs is 2. The van der Waals surface area contributed by atoms with E-state index in [0.717, 1.165) is 45.7 Å². The Morgan fingerprint density at radius 3 is 2.60 bits per heavy atom.